The van der Waals surface area contributed by atoms with Crippen LogP contribution in [-0.4, -0.2) is 19.1 Å². The summed E-state index contributed by atoms with van der Waals surface area (Å²) in [6.45, 7) is 0. The van der Waals surface area contributed by atoms with E-state index in [4.69, 9.17) is 22.3 Å². The molecule has 0 N–H and O–H groups in total. The summed E-state index contributed by atoms with van der Waals surface area (Å²) in [6.07, 6.45) is 23.7. The Morgan fingerprint density at radius 3 is 1.17 bits per heavy atom. The molecule has 58 heavy (non-hydrogen) atoms. The first-order valence-corrected chi connectivity index (χ1v) is 17.6. The van der Waals surface area contributed by atoms with E-state index < -0.39 is 0 Å². The SMILES string of the molecule is [C-]#Cn1cccc1.[C-]#Cn1cccc1.[Pt].[Pt].[c-]1c(-c2[c-]c(Oc3nccc4ccccc34)c3ccccc3[c-]2)[c-]c2ccccc2c1Oc1nccc2ccccc12. The smallest absolute Gasteiger partial charge is 0.223 e. The van der Waals surface area contributed by atoms with Gasteiger partial charge in [0.1, 0.15) is 0 Å². The second-order valence-electron chi connectivity index (χ2n) is 12.3. The fourth-order valence-corrected chi connectivity index (χ4v) is 6.04. The number of benzene rings is 6. The second kappa shape index (κ2) is 19.5. The largest absolute Gasteiger partial charge is 0.669 e. The normalized spacial score (nSPS) is 10.1. The summed E-state index contributed by atoms with van der Waals surface area (Å²) < 4.78 is 16.0. The Morgan fingerprint density at radius 2 is 0.793 bits per heavy atom. The van der Waals surface area contributed by atoms with Crippen LogP contribution in [0.15, 0.2) is 171 Å². The molecule has 8 heteroatoms. The van der Waals surface area contributed by atoms with Gasteiger partial charge in [-0.2, -0.15) is 0 Å². The molecule has 0 saturated heterocycles. The number of aromatic nitrogens is 4. The zero-order valence-electron chi connectivity index (χ0n) is 30.4. The van der Waals surface area contributed by atoms with Crippen molar-refractivity contribution in [1.29, 1.82) is 0 Å². The molecule has 6 aromatic carbocycles. The van der Waals surface area contributed by atoms with Gasteiger partial charge in [0.25, 0.3) is 0 Å². The van der Waals surface area contributed by atoms with E-state index in [9.17, 15) is 0 Å². The summed E-state index contributed by atoms with van der Waals surface area (Å²) in [7, 11) is 0. The Hall–Kier alpha value is -6.68. The zero-order valence-corrected chi connectivity index (χ0v) is 34.9. The van der Waals surface area contributed by atoms with Crippen molar-refractivity contribution in [3.8, 4) is 46.5 Å². The van der Waals surface area contributed by atoms with Gasteiger partial charge in [-0.15, -0.1) is 22.9 Å². The number of rotatable bonds is 5. The first-order chi connectivity index (χ1) is 27.7. The third-order valence-corrected chi connectivity index (χ3v) is 8.73. The average molecular weight is 1110 g/mol. The van der Waals surface area contributed by atoms with Gasteiger partial charge >= 0.3 is 0 Å². The minimum Gasteiger partial charge on any atom is -0.669 e. The summed E-state index contributed by atoms with van der Waals surface area (Å²) in [5, 5.41) is 7.48. The van der Waals surface area contributed by atoms with Gasteiger partial charge in [-0.25, -0.2) is 32.8 Å². The topological polar surface area (TPSA) is 54.1 Å². The number of hydrogen-bond donors (Lipinski definition) is 0. The van der Waals surface area contributed by atoms with E-state index in [0.29, 0.717) is 34.4 Å². The van der Waals surface area contributed by atoms with Gasteiger partial charge in [0.05, 0.1) is 0 Å². The molecule has 0 aliphatic rings. The van der Waals surface area contributed by atoms with Gasteiger partial charge in [-0.1, -0.05) is 84.3 Å². The molecular formula is C50H28N4O2Pt2-6. The molecule has 10 aromatic rings. The number of nitrogens with zero attached hydrogens (tertiary/aromatic N) is 4. The van der Waals surface area contributed by atoms with E-state index in [1.807, 2.05) is 133 Å². The zero-order chi connectivity index (χ0) is 38.1. The van der Waals surface area contributed by atoms with Crippen molar-refractivity contribution in [3.63, 3.8) is 0 Å². The maximum absolute atomic E-state index is 6.57. The quantitative estimate of drug-likeness (QED) is 0.127. The van der Waals surface area contributed by atoms with Gasteiger partial charge in [0.15, 0.2) is 0 Å². The predicted molar refractivity (Wildman–Crippen MR) is 220 cm³/mol. The number of fused-ring (bicyclic) bond motifs is 4. The van der Waals surface area contributed by atoms with Crippen molar-refractivity contribution in [2.75, 3.05) is 0 Å². The predicted octanol–water partition coefficient (Wildman–Crippen LogP) is 11.3. The summed E-state index contributed by atoms with van der Waals surface area (Å²) in [4.78, 5) is 9.09. The summed E-state index contributed by atoms with van der Waals surface area (Å²) >= 11 is 0. The maximum atomic E-state index is 6.57. The van der Waals surface area contributed by atoms with Crippen LogP contribution in [0.4, 0.5) is 0 Å². The fraction of sp³-hybridized carbons (Fsp3) is 0. The molecule has 0 aliphatic heterocycles. The van der Waals surface area contributed by atoms with Crippen LogP contribution in [-0.2, 0) is 42.1 Å². The Labute approximate surface area is 365 Å². The Balaban J connectivity index is 0.000000300. The summed E-state index contributed by atoms with van der Waals surface area (Å²) in [5.74, 6) is 2.14. The Kier molecular flexibility index (Phi) is 13.7. The molecule has 6 nitrogen and oxygen atoms in total. The van der Waals surface area contributed by atoms with Gasteiger partial charge in [0.2, 0.25) is 11.8 Å². The molecule has 0 radical (unpaired) electrons. The molecule has 0 spiro atoms. The first kappa shape index (κ1) is 41.0. The first-order valence-electron chi connectivity index (χ1n) is 17.6. The fourth-order valence-electron chi connectivity index (χ4n) is 6.04. The Bertz CT molecular complexity index is 2800. The van der Waals surface area contributed by atoms with Crippen molar-refractivity contribution in [2.24, 2.45) is 0 Å². The summed E-state index contributed by atoms with van der Waals surface area (Å²) in [6, 6.07) is 61.6. The van der Waals surface area contributed by atoms with E-state index in [0.717, 1.165) is 43.1 Å². The van der Waals surface area contributed by atoms with Crippen molar-refractivity contribution >= 4 is 43.1 Å². The third kappa shape index (κ3) is 9.29. The minimum absolute atomic E-state index is 0. The molecule has 0 atom stereocenters. The number of hydrogen-bond acceptors (Lipinski definition) is 4. The average Bonchev–Trinajstić information content (AvgIpc) is 4.00. The van der Waals surface area contributed by atoms with Gasteiger partial charge < -0.3 is 66.8 Å². The molecule has 10 rings (SSSR count). The molecule has 0 amide bonds. The van der Waals surface area contributed by atoms with Gasteiger partial charge in [-0.3, -0.25) is 0 Å². The van der Waals surface area contributed by atoms with Crippen molar-refractivity contribution in [3.05, 3.63) is 208 Å². The molecular weight excluding hydrogens is 1080 g/mol. The van der Waals surface area contributed by atoms with Crippen LogP contribution in [0.3, 0.4) is 0 Å². The van der Waals surface area contributed by atoms with Crippen LogP contribution in [0.1, 0.15) is 0 Å². The third-order valence-electron chi connectivity index (χ3n) is 8.73. The maximum Gasteiger partial charge on any atom is 0.223 e. The molecule has 286 valence electrons. The van der Waals surface area contributed by atoms with E-state index >= 15 is 0 Å². The van der Waals surface area contributed by atoms with Crippen LogP contribution in [0.5, 0.6) is 23.3 Å². The van der Waals surface area contributed by atoms with Crippen LogP contribution in [0.2, 0.25) is 0 Å². The van der Waals surface area contributed by atoms with E-state index in [1.165, 1.54) is 0 Å². The minimum atomic E-state index is 0. The Morgan fingerprint density at radius 1 is 0.431 bits per heavy atom. The molecule has 0 bridgehead atoms. The van der Waals surface area contributed by atoms with E-state index in [-0.39, 0.29) is 42.1 Å². The van der Waals surface area contributed by atoms with Gasteiger partial charge in [-0.05, 0) is 59.3 Å². The molecule has 0 fully saturated rings. The van der Waals surface area contributed by atoms with Crippen LogP contribution in [0, 0.1) is 49.2 Å². The second-order valence-corrected chi connectivity index (χ2v) is 12.3. The van der Waals surface area contributed by atoms with Crippen molar-refractivity contribution in [1.82, 2.24) is 19.1 Å². The summed E-state index contributed by atoms with van der Waals surface area (Å²) in [5.41, 5.74) is 1.32. The van der Waals surface area contributed by atoms with Crippen LogP contribution >= 0.6 is 0 Å². The molecule has 4 aromatic heterocycles. The monoisotopic (exact) mass is 1110 g/mol. The van der Waals surface area contributed by atoms with Crippen LogP contribution in [0.25, 0.3) is 54.2 Å². The molecule has 4 heterocycles. The number of pyridine rings is 2. The standard InChI is InChI=1S/C38H20N2O2.2C6H4N.2Pt/c1-7-15-33-25(9-1)17-19-39-37(33)41-35-23-29(21-27-11-3-5-13-31(27)35)30-22-28-12-4-6-14-32(28)36(24-30)42-38-34-16-8-2-10-26(34)18-20-40-38;2*1-2-7-5-3-4-6-7;;/h1-20H;2*3-6H;;/q-4;2*-1;;. The van der Waals surface area contributed by atoms with Crippen LogP contribution < -0.4 is 9.47 Å². The van der Waals surface area contributed by atoms with Crippen molar-refractivity contribution < 1.29 is 51.6 Å². The molecule has 0 aliphatic carbocycles. The van der Waals surface area contributed by atoms with Crippen molar-refractivity contribution in [2.45, 2.75) is 0 Å². The molecule has 0 saturated carbocycles. The van der Waals surface area contributed by atoms with E-state index in [2.05, 4.69) is 46.3 Å². The van der Waals surface area contributed by atoms with E-state index in [1.54, 1.807) is 46.3 Å². The van der Waals surface area contributed by atoms with Gasteiger partial charge in [0, 0.05) is 90.1 Å². The molecule has 0 unspecified atom stereocenters. The number of ether oxygens (including phenoxy) is 2.